The second kappa shape index (κ2) is 9.15. The normalized spacial score (nSPS) is 12.0. The molecule has 0 radical (unpaired) electrons. The van der Waals surface area contributed by atoms with Crippen molar-refractivity contribution >= 4 is 16.8 Å². The molecule has 38 heavy (non-hydrogen) atoms. The van der Waals surface area contributed by atoms with Gasteiger partial charge in [0.25, 0.3) is 11.8 Å². The third kappa shape index (κ3) is 4.33. The van der Waals surface area contributed by atoms with E-state index < -0.39 is 35.3 Å². The minimum absolute atomic E-state index is 0.0415. The number of aliphatic hydroxyl groups is 2. The van der Waals surface area contributed by atoms with Gasteiger partial charge in [-0.15, -0.1) is 0 Å². The third-order valence-electron chi connectivity index (χ3n) is 5.99. The van der Waals surface area contributed by atoms with E-state index in [1.54, 1.807) is 13.0 Å². The Morgan fingerprint density at radius 3 is 2.45 bits per heavy atom. The molecule has 0 saturated heterocycles. The Morgan fingerprint density at radius 2 is 1.82 bits per heavy atom. The quantitative estimate of drug-likeness (QED) is 0.244. The van der Waals surface area contributed by atoms with Crippen LogP contribution in [0.3, 0.4) is 0 Å². The molecule has 3 aromatic carbocycles. The number of hydrogen-bond acceptors (Lipinski definition) is 7. The minimum Gasteiger partial charge on any atom is -0.364 e. The Bertz CT molecular complexity index is 1710. The van der Waals surface area contributed by atoms with Crippen LogP contribution in [0.4, 0.5) is 17.6 Å². The lowest BCUT2D eigenvalue weighted by molar-refractivity contribution is -0.138. The van der Waals surface area contributed by atoms with Crippen molar-refractivity contribution in [3.05, 3.63) is 88.5 Å². The van der Waals surface area contributed by atoms with E-state index in [-0.39, 0.29) is 39.2 Å². The maximum Gasteiger partial charge on any atom is 0.417 e. The number of carbonyl (C=O) groups excluding carboxylic acids is 1. The Labute approximate surface area is 211 Å². The highest BCUT2D eigenvalue weighted by molar-refractivity contribution is 6.06. The molecule has 0 saturated carbocycles. The smallest absolute Gasteiger partial charge is 0.364 e. The highest BCUT2D eigenvalue weighted by atomic mass is 19.4. The molecular weight excluding hydrogens is 508 g/mol. The largest absolute Gasteiger partial charge is 0.417 e. The summed E-state index contributed by atoms with van der Waals surface area (Å²) in [6.07, 6.45) is -6.74. The van der Waals surface area contributed by atoms with Crippen LogP contribution >= 0.6 is 0 Å². The maximum atomic E-state index is 15.1. The van der Waals surface area contributed by atoms with Crippen molar-refractivity contribution in [3.8, 4) is 22.7 Å². The summed E-state index contributed by atoms with van der Waals surface area (Å²) in [6, 6.07) is 11.3. The average molecular weight is 526 g/mol. The second-order valence-electron chi connectivity index (χ2n) is 8.55. The first-order valence-electron chi connectivity index (χ1n) is 11.2. The van der Waals surface area contributed by atoms with Crippen LogP contribution in [0.5, 0.6) is 0 Å². The second-order valence-corrected chi connectivity index (χ2v) is 8.55. The van der Waals surface area contributed by atoms with Crippen LogP contribution in [0, 0.1) is 19.7 Å². The van der Waals surface area contributed by atoms with Crippen molar-refractivity contribution in [2.45, 2.75) is 26.3 Å². The van der Waals surface area contributed by atoms with Gasteiger partial charge in [-0.1, -0.05) is 23.4 Å². The molecule has 0 spiro atoms. The van der Waals surface area contributed by atoms with E-state index in [0.717, 1.165) is 16.8 Å². The monoisotopic (exact) mass is 526 g/mol. The van der Waals surface area contributed by atoms with Gasteiger partial charge in [-0.25, -0.2) is 4.39 Å². The zero-order chi connectivity index (χ0) is 27.4. The molecule has 0 fully saturated rings. The fourth-order valence-electron chi connectivity index (χ4n) is 4.19. The van der Waals surface area contributed by atoms with Gasteiger partial charge in [-0.2, -0.15) is 27.9 Å². The molecule has 0 unspecified atom stereocenters. The van der Waals surface area contributed by atoms with Gasteiger partial charge in [-0.3, -0.25) is 4.79 Å². The number of rotatable bonds is 4. The number of aliphatic hydroxyl groups excluding tert-OH is 1. The van der Waals surface area contributed by atoms with Gasteiger partial charge < -0.3 is 14.7 Å². The molecule has 0 aliphatic rings. The summed E-state index contributed by atoms with van der Waals surface area (Å²) in [5.74, 6) is -1.51. The van der Waals surface area contributed by atoms with Crippen LogP contribution in [0.1, 0.15) is 39.2 Å². The van der Waals surface area contributed by atoms with Crippen molar-refractivity contribution in [2.24, 2.45) is 0 Å². The molecule has 0 bridgehead atoms. The van der Waals surface area contributed by atoms with Crippen LogP contribution < -0.4 is 0 Å². The van der Waals surface area contributed by atoms with Crippen LogP contribution in [0.2, 0.25) is 0 Å². The van der Waals surface area contributed by atoms with Crippen molar-refractivity contribution in [2.75, 3.05) is 0 Å². The molecule has 194 valence electrons. The van der Waals surface area contributed by atoms with E-state index >= 15 is 4.39 Å². The van der Waals surface area contributed by atoms with E-state index in [4.69, 9.17) is 4.52 Å². The number of hydrogen-bond donors (Lipinski definition) is 2. The van der Waals surface area contributed by atoms with Crippen LogP contribution in [0.25, 0.3) is 33.6 Å². The lowest BCUT2D eigenvalue weighted by Gasteiger charge is -2.14. The number of aryl methyl sites for hydroxylation is 2. The molecule has 0 aliphatic heterocycles. The summed E-state index contributed by atoms with van der Waals surface area (Å²) in [5.41, 5.74) is -1.49. The molecule has 2 aromatic heterocycles. The van der Waals surface area contributed by atoms with E-state index in [1.165, 1.54) is 43.3 Å². The standard InChI is InChI=1S/C26H18F4N4O4/c1-12-4-3-5-18(26(28,29)30)21(12)24(35)34-20-11-14(23-31-13(2)33-38-23)6-9-17(20)22(32-34)16-8-7-15(25(36)37)10-19(16)27/h3-11,25,36-37H,1-2H3. The molecular formula is C26H18F4N4O4. The predicted molar refractivity (Wildman–Crippen MR) is 126 cm³/mol. The summed E-state index contributed by atoms with van der Waals surface area (Å²) in [6.45, 7) is 2.98. The number of benzene rings is 3. The SMILES string of the molecule is Cc1noc(-c2ccc3c(-c4ccc(C(O)O)cc4F)nn(C(=O)c4c(C)cccc4C(F)(F)F)c3c2)n1. The first kappa shape index (κ1) is 25.2. The topological polar surface area (TPSA) is 114 Å². The molecule has 0 atom stereocenters. The Morgan fingerprint density at radius 1 is 1.05 bits per heavy atom. The van der Waals surface area contributed by atoms with Crippen LogP contribution in [-0.4, -0.2) is 36.0 Å². The van der Waals surface area contributed by atoms with Gasteiger partial charge >= 0.3 is 6.18 Å². The van der Waals surface area contributed by atoms with Gasteiger partial charge in [0.1, 0.15) is 11.5 Å². The van der Waals surface area contributed by atoms with Gasteiger partial charge in [-0.05, 0) is 55.8 Å². The summed E-state index contributed by atoms with van der Waals surface area (Å²) >= 11 is 0. The van der Waals surface area contributed by atoms with E-state index in [1.807, 2.05) is 0 Å². The van der Waals surface area contributed by atoms with Crippen molar-refractivity contribution in [1.82, 2.24) is 19.9 Å². The summed E-state index contributed by atoms with van der Waals surface area (Å²) < 4.78 is 62.5. The predicted octanol–water partition coefficient (Wildman–Crippen LogP) is 5.20. The molecule has 12 heteroatoms. The fourth-order valence-corrected chi connectivity index (χ4v) is 4.19. The van der Waals surface area contributed by atoms with Gasteiger partial charge in [0.2, 0.25) is 0 Å². The van der Waals surface area contributed by atoms with E-state index in [0.29, 0.717) is 11.4 Å². The van der Waals surface area contributed by atoms with Crippen molar-refractivity contribution in [3.63, 3.8) is 0 Å². The van der Waals surface area contributed by atoms with E-state index in [9.17, 15) is 28.2 Å². The zero-order valence-electron chi connectivity index (χ0n) is 19.8. The number of carbonyl (C=O) groups is 1. The first-order valence-corrected chi connectivity index (χ1v) is 11.2. The fraction of sp³-hybridized carbons (Fsp3) is 0.154. The Kier molecular flexibility index (Phi) is 6.08. The van der Waals surface area contributed by atoms with Gasteiger partial charge in [0.15, 0.2) is 12.1 Å². The van der Waals surface area contributed by atoms with Crippen LogP contribution in [-0.2, 0) is 6.18 Å². The van der Waals surface area contributed by atoms with Gasteiger partial charge in [0, 0.05) is 22.1 Å². The Balaban J connectivity index is 1.78. The summed E-state index contributed by atoms with van der Waals surface area (Å²) in [4.78, 5) is 17.8. The molecule has 0 amide bonds. The molecule has 8 nitrogen and oxygen atoms in total. The molecule has 0 aliphatic carbocycles. The lowest BCUT2D eigenvalue weighted by Crippen LogP contribution is -2.21. The molecule has 5 aromatic rings. The number of halogens is 4. The van der Waals surface area contributed by atoms with Gasteiger partial charge in [0.05, 0.1) is 16.6 Å². The lowest BCUT2D eigenvalue weighted by atomic mass is 10.0. The average Bonchev–Trinajstić information content (AvgIpc) is 3.46. The zero-order valence-corrected chi connectivity index (χ0v) is 19.8. The summed E-state index contributed by atoms with van der Waals surface area (Å²) in [5, 5.41) is 26.9. The van der Waals surface area contributed by atoms with Crippen molar-refractivity contribution < 1.29 is 37.1 Å². The molecule has 2 heterocycles. The highest BCUT2D eigenvalue weighted by Crippen LogP contribution is 2.37. The third-order valence-corrected chi connectivity index (χ3v) is 5.99. The van der Waals surface area contributed by atoms with Crippen molar-refractivity contribution in [1.29, 1.82) is 0 Å². The number of nitrogens with zero attached hydrogens (tertiary/aromatic N) is 4. The van der Waals surface area contributed by atoms with E-state index in [2.05, 4.69) is 15.2 Å². The van der Waals surface area contributed by atoms with Crippen LogP contribution in [0.15, 0.2) is 59.1 Å². The molecule has 5 rings (SSSR count). The number of fused-ring (bicyclic) bond motifs is 1. The maximum absolute atomic E-state index is 15.1. The minimum atomic E-state index is -4.82. The number of aromatic nitrogens is 4. The summed E-state index contributed by atoms with van der Waals surface area (Å²) in [7, 11) is 0. The number of alkyl halides is 3. The first-order chi connectivity index (χ1) is 18.0. The Hall–Kier alpha value is -4.42. The highest BCUT2D eigenvalue weighted by Gasteiger charge is 2.37. The molecule has 2 N–H and O–H groups in total.